The highest BCUT2D eigenvalue weighted by Gasteiger charge is 2.20. The van der Waals surface area contributed by atoms with Crippen LogP contribution >= 0.6 is 0 Å². The third kappa shape index (κ3) is 4.74. The number of nitrogens with zero attached hydrogens (tertiary/aromatic N) is 1. The first-order valence-corrected chi connectivity index (χ1v) is 10.9. The summed E-state index contributed by atoms with van der Waals surface area (Å²) in [6, 6.07) is 12.0. The van der Waals surface area contributed by atoms with Gasteiger partial charge < -0.3 is 20.5 Å². The predicted octanol–water partition coefficient (Wildman–Crippen LogP) is 6.44. The summed E-state index contributed by atoms with van der Waals surface area (Å²) in [7, 11) is 0. The molecule has 162 valence electrons. The molecule has 0 saturated heterocycles. The molecule has 5 nitrogen and oxygen atoms in total. The van der Waals surface area contributed by atoms with Gasteiger partial charge >= 0.3 is 6.03 Å². The number of fused-ring (bicyclic) bond motifs is 1. The first kappa shape index (κ1) is 21.0. The van der Waals surface area contributed by atoms with Crippen molar-refractivity contribution >= 4 is 28.3 Å². The molecule has 0 radical (unpaired) electrons. The number of carbonyl (C=O) groups is 1. The minimum atomic E-state index is -0.473. The molecule has 0 spiro atoms. The van der Waals surface area contributed by atoms with E-state index in [1.54, 1.807) is 12.1 Å². The number of hydrogen-bond donors (Lipinski definition) is 3. The predicted molar refractivity (Wildman–Crippen MR) is 125 cm³/mol. The Labute approximate surface area is 182 Å². The number of urea groups is 1. The number of carbonyl (C=O) groups excluding carboxylic acids is 1. The molecule has 0 aliphatic carbocycles. The number of aromatic nitrogens is 1. The minimum absolute atomic E-state index is 0.151. The van der Waals surface area contributed by atoms with E-state index in [9.17, 15) is 9.18 Å². The van der Waals surface area contributed by atoms with Crippen molar-refractivity contribution < 1.29 is 9.18 Å². The van der Waals surface area contributed by atoms with Crippen molar-refractivity contribution in [3.05, 3.63) is 72.3 Å². The van der Waals surface area contributed by atoms with Crippen LogP contribution in [0.25, 0.3) is 10.9 Å². The summed E-state index contributed by atoms with van der Waals surface area (Å²) in [6.45, 7) is 5.54. The second kappa shape index (κ2) is 9.25. The van der Waals surface area contributed by atoms with Gasteiger partial charge in [-0.15, -0.1) is 0 Å². The summed E-state index contributed by atoms with van der Waals surface area (Å²) in [5.41, 5.74) is 3.08. The monoisotopic (exact) mass is 420 g/mol. The van der Waals surface area contributed by atoms with Gasteiger partial charge in [0.2, 0.25) is 0 Å². The molecule has 1 aliphatic heterocycles. The average molecular weight is 421 g/mol. The van der Waals surface area contributed by atoms with Crippen molar-refractivity contribution in [3.8, 4) is 0 Å². The van der Waals surface area contributed by atoms with Crippen LogP contribution in [0.1, 0.15) is 44.6 Å². The highest BCUT2D eigenvalue weighted by Crippen LogP contribution is 2.33. The molecule has 2 aromatic carbocycles. The molecule has 0 saturated carbocycles. The van der Waals surface area contributed by atoms with Crippen molar-refractivity contribution in [2.45, 2.75) is 45.1 Å². The molecule has 2 amide bonds. The van der Waals surface area contributed by atoms with Crippen molar-refractivity contribution in [2.75, 3.05) is 17.2 Å². The van der Waals surface area contributed by atoms with Crippen LogP contribution in [-0.4, -0.2) is 28.5 Å². The Morgan fingerprint density at radius 2 is 2.10 bits per heavy atom. The number of amides is 2. The summed E-state index contributed by atoms with van der Waals surface area (Å²) in [4.78, 5) is 18.1. The Morgan fingerprint density at radius 3 is 2.84 bits per heavy atom. The number of benzene rings is 2. The van der Waals surface area contributed by atoms with E-state index in [1.807, 2.05) is 18.2 Å². The molecule has 3 N–H and O–H groups in total. The zero-order valence-corrected chi connectivity index (χ0v) is 18.0. The number of H-pyrrole nitrogens is 1. The summed E-state index contributed by atoms with van der Waals surface area (Å²) in [5.74, 6) is -0.131. The van der Waals surface area contributed by atoms with Crippen molar-refractivity contribution in [2.24, 2.45) is 0 Å². The van der Waals surface area contributed by atoms with Crippen molar-refractivity contribution in [3.63, 3.8) is 0 Å². The number of nitrogens with one attached hydrogen (secondary N) is 3. The van der Waals surface area contributed by atoms with E-state index in [-0.39, 0.29) is 5.69 Å². The molecular weight excluding hydrogens is 391 g/mol. The Balaban J connectivity index is 1.49. The van der Waals surface area contributed by atoms with Gasteiger partial charge in [0.25, 0.3) is 0 Å². The number of para-hydroxylation sites is 1. The number of aromatic amines is 1. The topological polar surface area (TPSA) is 60.2 Å². The van der Waals surface area contributed by atoms with Crippen LogP contribution in [-0.2, 0) is 0 Å². The molecule has 2 heterocycles. The molecule has 0 fully saturated rings. The third-order valence-electron chi connectivity index (χ3n) is 5.97. The van der Waals surface area contributed by atoms with Gasteiger partial charge in [-0.05, 0) is 61.9 Å². The highest BCUT2D eigenvalue weighted by molar-refractivity contribution is 6.01. The minimum Gasteiger partial charge on any atom is -0.375 e. The van der Waals surface area contributed by atoms with Crippen molar-refractivity contribution in [1.82, 2.24) is 9.88 Å². The van der Waals surface area contributed by atoms with Crippen LogP contribution in [0.15, 0.2) is 60.9 Å². The van der Waals surface area contributed by atoms with Gasteiger partial charge in [-0.2, -0.15) is 0 Å². The van der Waals surface area contributed by atoms with Crippen molar-refractivity contribution in [1.29, 1.82) is 0 Å². The summed E-state index contributed by atoms with van der Waals surface area (Å²) >= 11 is 0. The third-order valence-corrected chi connectivity index (χ3v) is 5.97. The number of halogens is 1. The first-order valence-electron chi connectivity index (χ1n) is 10.9. The van der Waals surface area contributed by atoms with E-state index in [4.69, 9.17) is 0 Å². The number of allylic oxidation sites excluding steroid dienone is 1. The van der Waals surface area contributed by atoms with E-state index in [2.05, 4.69) is 52.8 Å². The van der Waals surface area contributed by atoms with Gasteiger partial charge in [0.05, 0.1) is 5.69 Å². The molecule has 4 rings (SSSR count). The maximum Gasteiger partial charge on any atom is 0.323 e. The average Bonchev–Trinajstić information content (AvgIpc) is 3.19. The Hall–Kier alpha value is -3.28. The van der Waals surface area contributed by atoms with E-state index in [1.165, 1.54) is 30.5 Å². The van der Waals surface area contributed by atoms with E-state index < -0.39 is 11.8 Å². The van der Waals surface area contributed by atoms with Gasteiger partial charge in [-0.25, -0.2) is 9.18 Å². The largest absolute Gasteiger partial charge is 0.375 e. The molecule has 6 heteroatoms. The Bertz CT molecular complexity index is 1090. The summed E-state index contributed by atoms with van der Waals surface area (Å²) < 4.78 is 13.8. The molecule has 3 aromatic rings. The lowest BCUT2D eigenvalue weighted by Crippen LogP contribution is -2.32. The van der Waals surface area contributed by atoms with Crippen LogP contribution < -0.4 is 10.6 Å². The molecule has 31 heavy (non-hydrogen) atoms. The SMILES string of the molecule is CCCC(C)N1C=CC(c2c[nH]c3ccc(NC(=O)Nc4ccccc4F)cc23)CC1. The lowest BCUT2D eigenvalue weighted by Gasteiger charge is -2.32. The highest BCUT2D eigenvalue weighted by atomic mass is 19.1. The van der Waals surface area contributed by atoms with Crippen LogP contribution in [0.4, 0.5) is 20.6 Å². The van der Waals surface area contributed by atoms with Gasteiger partial charge in [-0.3, -0.25) is 0 Å². The molecular formula is C25H29FN4O. The smallest absolute Gasteiger partial charge is 0.323 e. The Kier molecular flexibility index (Phi) is 6.26. The number of hydrogen-bond acceptors (Lipinski definition) is 2. The van der Waals surface area contributed by atoms with Crippen LogP contribution in [0.5, 0.6) is 0 Å². The second-order valence-corrected chi connectivity index (χ2v) is 8.18. The number of anilines is 2. The molecule has 2 unspecified atom stereocenters. The van der Waals surface area contributed by atoms with Gasteiger partial charge in [-0.1, -0.05) is 31.6 Å². The lowest BCUT2D eigenvalue weighted by molar-refractivity contribution is 0.259. The quantitative estimate of drug-likeness (QED) is 0.430. The number of rotatable bonds is 6. The normalized spacial score (nSPS) is 17.0. The maximum atomic E-state index is 13.8. The fraction of sp³-hybridized carbons (Fsp3) is 0.320. The van der Waals surface area contributed by atoms with Gasteiger partial charge in [0.1, 0.15) is 5.82 Å². The standard InChI is InChI=1S/C25H29FN4O/c1-3-6-17(2)30-13-11-18(12-14-30)21-16-27-23-10-9-19(15-20(21)23)28-25(31)29-24-8-5-4-7-22(24)26/h4-5,7-11,13,15-18,27H,3,6,12,14H2,1-2H3,(H2,28,29,31). The fourth-order valence-electron chi connectivity index (χ4n) is 4.26. The van der Waals surface area contributed by atoms with E-state index in [0.717, 1.165) is 23.9 Å². The van der Waals surface area contributed by atoms with Gasteiger partial charge in [0, 0.05) is 41.3 Å². The molecule has 0 bridgehead atoms. The molecule has 1 aliphatic rings. The zero-order valence-electron chi connectivity index (χ0n) is 18.0. The van der Waals surface area contributed by atoms with Crippen LogP contribution in [0.3, 0.4) is 0 Å². The summed E-state index contributed by atoms with van der Waals surface area (Å²) in [6.07, 6.45) is 10.0. The van der Waals surface area contributed by atoms with E-state index in [0.29, 0.717) is 17.6 Å². The van der Waals surface area contributed by atoms with Crippen LogP contribution in [0.2, 0.25) is 0 Å². The maximum absolute atomic E-state index is 13.8. The fourth-order valence-corrected chi connectivity index (χ4v) is 4.26. The van der Waals surface area contributed by atoms with E-state index >= 15 is 0 Å². The zero-order chi connectivity index (χ0) is 21.8. The second-order valence-electron chi connectivity index (χ2n) is 8.18. The van der Waals surface area contributed by atoms with Crippen LogP contribution in [0, 0.1) is 5.82 Å². The molecule has 2 atom stereocenters. The lowest BCUT2D eigenvalue weighted by atomic mass is 9.92. The summed E-state index contributed by atoms with van der Waals surface area (Å²) in [5, 5.41) is 6.45. The van der Waals surface area contributed by atoms with Gasteiger partial charge in [0.15, 0.2) is 0 Å². The first-order chi connectivity index (χ1) is 15.0. The molecule has 1 aromatic heterocycles. The Morgan fingerprint density at radius 1 is 1.26 bits per heavy atom.